The number of carbonyl (C=O) groups excluding carboxylic acids is 1. The minimum absolute atomic E-state index is 0.156. The van der Waals surface area contributed by atoms with Crippen LogP contribution >= 0.6 is 0 Å². The predicted molar refractivity (Wildman–Crippen MR) is 67.2 cm³/mol. The number of halogens is 1. The summed E-state index contributed by atoms with van der Waals surface area (Å²) in [5.74, 6) is 1.27. The van der Waals surface area contributed by atoms with Gasteiger partial charge in [-0.1, -0.05) is 40.0 Å². The number of rotatable bonds is 10. The van der Waals surface area contributed by atoms with E-state index in [1.165, 1.54) is 12.8 Å². The van der Waals surface area contributed by atoms with Gasteiger partial charge in [0, 0.05) is 5.92 Å². The summed E-state index contributed by atoms with van der Waals surface area (Å²) in [4.78, 5) is 10.6. The molecule has 0 aliphatic carbocycles. The van der Waals surface area contributed by atoms with Crippen molar-refractivity contribution in [2.24, 2.45) is 17.8 Å². The zero-order valence-electron chi connectivity index (χ0n) is 11.0. The summed E-state index contributed by atoms with van der Waals surface area (Å²) in [6.45, 7) is 6.10. The van der Waals surface area contributed by atoms with Crippen LogP contribution in [0.25, 0.3) is 0 Å². The van der Waals surface area contributed by atoms with Gasteiger partial charge in [0.2, 0.25) is 0 Å². The van der Waals surface area contributed by atoms with Crippen molar-refractivity contribution in [1.82, 2.24) is 0 Å². The van der Waals surface area contributed by atoms with E-state index in [9.17, 15) is 9.18 Å². The molecule has 0 N–H and O–H groups in total. The third-order valence-electron chi connectivity index (χ3n) is 3.59. The van der Waals surface area contributed by atoms with Crippen LogP contribution in [0.4, 0.5) is 4.39 Å². The summed E-state index contributed by atoms with van der Waals surface area (Å²) in [6, 6.07) is 0. The summed E-state index contributed by atoms with van der Waals surface area (Å²) < 4.78 is 12.1. The zero-order chi connectivity index (χ0) is 12.4. The lowest BCUT2D eigenvalue weighted by atomic mass is 9.86. The molecule has 0 rings (SSSR count). The summed E-state index contributed by atoms with van der Waals surface area (Å²) in [5.41, 5.74) is 0. The van der Waals surface area contributed by atoms with Crippen LogP contribution in [0, 0.1) is 17.8 Å². The van der Waals surface area contributed by atoms with Crippen LogP contribution in [0.15, 0.2) is 0 Å². The van der Waals surface area contributed by atoms with Gasteiger partial charge in [0.15, 0.2) is 0 Å². The largest absolute Gasteiger partial charge is 0.303 e. The molecule has 0 saturated heterocycles. The van der Waals surface area contributed by atoms with E-state index in [1.54, 1.807) is 0 Å². The lowest BCUT2D eigenvalue weighted by Gasteiger charge is -2.19. The predicted octanol–water partition coefficient (Wildman–Crippen LogP) is 4.40. The maximum Gasteiger partial charge on any atom is 0.123 e. The Morgan fingerprint density at radius 3 is 2.31 bits per heavy atom. The van der Waals surface area contributed by atoms with Crippen molar-refractivity contribution in [1.29, 1.82) is 0 Å². The van der Waals surface area contributed by atoms with Crippen LogP contribution in [0.5, 0.6) is 0 Å². The highest BCUT2D eigenvalue weighted by molar-refractivity contribution is 5.53. The van der Waals surface area contributed by atoms with E-state index in [0.717, 1.165) is 25.5 Å². The molecular weight excluding hydrogens is 203 g/mol. The highest BCUT2D eigenvalue weighted by Gasteiger charge is 2.14. The van der Waals surface area contributed by atoms with E-state index in [-0.39, 0.29) is 12.6 Å². The first-order chi connectivity index (χ1) is 7.65. The van der Waals surface area contributed by atoms with Crippen molar-refractivity contribution in [3.63, 3.8) is 0 Å². The van der Waals surface area contributed by atoms with Crippen LogP contribution in [-0.4, -0.2) is 13.0 Å². The van der Waals surface area contributed by atoms with Crippen LogP contribution < -0.4 is 0 Å². The molecule has 0 aromatic carbocycles. The topological polar surface area (TPSA) is 17.1 Å². The average molecular weight is 230 g/mol. The molecule has 0 aromatic rings. The number of aldehydes is 1. The Hall–Kier alpha value is -0.400. The molecular formula is C14H27FO. The maximum absolute atomic E-state index is 12.1. The van der Waals surface area contributed by atoms with Gasteiger partial charge in [-0.2, -0.15) is 0 Å². The smallest absolute Gasteiger partial charge is 0.123 e. The average Bonchev–Trinajstić information content (AvgIpc) is 2.31. The molecule has 0 radical (unpaired) electrons. The van der Waals surface area contributed by atoms with Crippen LogP contribution in [0.2, 0.25) is 0 Å². The van der Waals surface area contributed by atoms with Gasteiger partial charge in [-0.05, 0) is 31.1 Å². The second kappa shape index (κ2) is 9.80. The van der Waals surface area contributed by atoms with Crippen LogP contribution in [-0.2, 0) is 4.79 Å². The van der Waals surface area contributed by atoms with Crippen molar-refractivity contribution < 1.29 is 9.18 Å². The van der Waals surface area contributed by atoms with Gasteiger partial charge >= 0.3 is 0 Å². The number of hydrogen-bond acceptors (Lipinski definition) is 1. The molecule has 1 nitrogen and oxygen atoms in total. The third kappa shape index (κ3) is 6.97. The molecule has 0 amide bonds. The lowest BCUT2D eigenvalue weighted by molar-refractivity contribution is -0.111. The fraction of sp³-hybridized carbons (Fsp3) is 0.929. The normalized spacial score (nSPS) is 16.8. The van der Waals surface area contributed by atoms with Crippen LogP contribution in [0.3, 0.4) is 0 Å². The highest BCUT2D eigenvalue weighted by atomic mass is 19.1. The fourth-order valence-electron chi connectivity index (χ4n) is 2.10. The Morgan fingerprint density at radius 1 is 1.12 bits per heavy atom. The first-order valence-electron chi connectivity index (χ1n) is 6.66. The standard InChI is InChI=1S/C14H27FO/c1-4-6-14(7-5-10-15)9-8-12(2)13(3)11-16/h11-14H,4-10H2,1-3H3. The Kier molecular flexibility index (Phi) is 9.55. The number of carbonyl (C=O) groups is 1. The second-order valence-corrected chi connectivity index (χ2v) is 5.04. The molecule has 0 bridgehead atoms. The Labute approximate surface area is 99.8 Å². The first kappa shape index (κ1) is 15.6. The Bertz CT molecular complexity index is 170. The van der Waals surface area contributed by atoms with Crippen LogP contribution in [0.1, 0.15) is 59.3 Å². The summed E-state index contributed by atoms with van der Waals surface area (Å²) in [6.07, 6.45) is 7.36. The van der Waals surface area contributed by atoms with Gasteiger partial charge in [-0.25, -0.2) is 0 Å². The highest BCUT2D eigenvalue weighted by Crippen LogP contribution is 2.24. The lowest BCUT2D eigenvalue weighted by Crippen LogP contribution is -2.11. The number of alkyl halides is 1. The van der Waals surface area contributed by atoms with E-state index >= 15 is 0 Å². The Balaban J connectivity index is 3.85. The van der Waals surface area contributed by atoms with E-state index in [0.29, 0.717) is 18.3 Å². The van der Waals surface area contributed by atoms with Gasteiger partial charge < -0.3 is 4.79 Å². The number of hydrogen-bond donors (Lipinski definition) is 0. The molecule has 0 saturated carbocycles. The van der Waals surface area contributed by atoms with Crippen molar-refractivity contribution in [3.8, 4) is 0 Å². The first-order valence-corrected chi connectivity index (χ1v) is 6.66. The van der Waals surface area contributed by atoms with Gasteiger partial charge in [-0.3, -0.25) is 4.39 Å². The second-order valence-electron chi connectivity index (χ2n) is 5.04. The molecule has 2 heteroatoms. The fourth-order valence-corrected chi connectivity index (χ4v) is 2.10. The summed E-state index contributed by atoms with van der Waals surface area (Å²) in [7, 11) is 0. The minimum atomic E-state index is -0.194. The molecule has 0 spiro atoms. The Morgan fingerprint density at radius 2 is 1.81 bits per heavy atom. The van der Waals surface area contributed by atoms with Crippen molar-refractivity contribution >= 4 is 6.29 Å². The van der Waals surface area contributed by atoms with Crippen molar-refractivity contribution in [2.45, 2.75) is 59.3 Å². The zero-order valence-corrected chi connectivity index (χ0v) is 11.0. The maximum atomic E-state index is 12.1. The quantitative estimate of drug-likeness (QED) is 0.508. The molecule has 0 heterocycles. The van der Waals surface area contributed by atoms with E-state index in [1.807, 2.05) is 6.92 Å². The molecule has 16 heavy (non-hydrogen) atoms. The van der Waals surface area contributed by atoms with Gasteiger partial charge in [0.05, 0.1) is 6.67 Å². The van der Waals surface area contributed by atoms with E-state index in [2.05, 4.69) is 13.8 Å². The third-order valence-corrected chi connectivity index (χ3v) is 3.59. The minimum Gasteiger partial charge on any atom is -0.303 e. The van der Waals surface area contributed by atoms with E-state index < -0.39 is 0 Å². The SMILES string of the molecule is CCCC(CCCF)CCC(C)C(C)C=O. The van der Waals surface area contributed by atoms with Gasteiger partial charge in [-0.15, -0.1) is 0 Å². The molecule has 0 aliphatic heterocycles. The van der Waals surface area contributed by atoms with E-state index in [4.69, 9.17) is 0 Å². The summed E-state index contributed by atoms with van der Waals surface area (Å²) >= 11 is 0. The van der Waals surface area contributed by atoms with Gasteiger partial charge in [0.25, 0.3) is 0 Å². The molecule has 3 atom stereocenters. The molecule has 0 aliphatic rings. The monoisotopic (exact) mass is 230 g/mol. The molecule has 0 aromatic heterocycles. The molecule has 0 fully saturated rings. The molecule has 96 valence electrons. The molecule has 3 unspecified atom stereocenters. The van der Waals surface area contributed by atoms with Gasteiger partial charge in [0.1, 0.15) is 6.29 Å². The van der Waals surface area contributed by atoms with Crippen molar-refractivity contribution in [2.75, 3.05) is 6.67 Å². The van der Waals surface area contributed by atoms with Crippen molar-refractivity contribution in [3.05, 3.63) is 0 Å². The summed E-state index contributed by atoms with van der Waals surface area (Å²) in [5, 5.41) is 0.